The molecule has 4 amide bonds. The molecule has 172 valence electrons. The number of urea groups is 2. The zero-order chi connectivity index (χ0) is 23.8. The van der Waals surface area contributed by atoms with E-state index in [1.165, 1.54) is 29.2 Å². The van der Waals surface area contributed by atoms with E-state index in [-0.39, 0.29) is 18.8 Å². The van der Waals surface area contributed by atoms with Crippen molar-refractivity contribution in [1.82, 2.24) is 5.32 Å². The summed E-state index contributed by atoms with van der Waals surface area (Å²) in [4.78, 5) is 26.3. The van der Waals surface area contributed by atoms with Gasteiger partial charge in [0.05, 0.1) is 5.69 Å². The van der Waals surface area contributed by atoms with E-state index >= 15 is 0 Å². The topological polar surface area (TPSA) is 73.5 Å². The van der Waals surface area contributed by atoms with Gasteiger partial charge in [0.25, 0.3) is 0 Å². The summed E-state index contributed by atoms with van der Waals surface area (Å²) in [6, 6.07) is 14.5. The van der Waals surface area contributed by atoms with Crippen LogP contribution in [0.1, 0.15) is 12.0 Å². The molecule has 0 heterocycles. The molecule has 3 aromatic rings. The average Bonchev–Trinajstić information content (AvgIpc) is 2.76. The first kappa shape index (κ1) is 23.6. The lowest BCUT2D eigenvalue weighted by Gasteiger charge is -2.23. The summed E-state index contributed by atoms with van der Waals surface area (Å²) in [6.45, 7) is 2.29. The van der Waals surface area contributed by atoms with Crippen LogP contribution in [0.3, 0.4) is 0 Å². The lowest BCUT2D eigenvalue weighted by molar-refractivity contribution is 0.252. The minimum atomic E-state index is -0.888. The highest BCUT2D eigenvalue weighted by Crippen LogP contribution is 2.18. The quantitative estimate of drug-likeness (QED) is 0.401. The Bertz CT molecular complexity index is 1120. The number of benzene rings is 3. The molecule has 0 aromatic heterocycles. The Labute approximate surface area is 189 Å². The van der Waals surface area contributed by atoms with Crippen molar-refractivity contribution in [3.05, 3.63) is 89.7 Å². The zero-order valence-electron chi connectivity index (χ0n) is 17.9. The maximum atomic E-state index is 13.7. The molecule has 0 unspecified atom stereocenters. The van der Waals surface area contributed by atoms with Crippen molar-refractivity contribution in [3.8, 4) is 0 Å². The third kappa shape index (κ3) is 6.99. The molecule has 0 saturated heterocycles. The third-order valence-electron chi connectivity index (χ3n) is 4.68. The van der Waals surface area contributed by atoms with E-state index in [1.54, 1.807) is 6.07 Å². The maximum absolute atomic E-state index is 13.7. The van der Waals surface area contributed by atoms with Crippen LogP contribution < -0.4 is 20.9 Å². The van der Waals surface area contributed by atoms with Gasteiger partial charge in [-0.15, -0.1) is 0 Å². The number of halogens is 3. The number of anilines is 3. The normalized spacial score (nSPS) is 10.4. The fourth-order valence-electron chi connectivity index (χ4n) is 3.08. The van der Waals surface area contributed by atoms with Gasteiger partial charge in [0.15, 0.2) is 0 Å². The summed E-state index contributed by atoms with van der Waals surface area (Å²) in [5.74, 6) is -2.06. The summed E-state index contributed by atoms with van der Waals surface area (Å²) in [6.07, 6.45) is 0.359. The summed E-state index contributed by atoms with van der Waals surface area (Å²) in [5.41, 5.74) is 1.93. The summed E-state index contributed by atoms with van der Waals surface area (Å²) in [7, 11) is 0. The van der Waals surface area contributed by atoms with Gasteiger partial charge in [-0.05, 0) is 67.4 Å². The number of hydrogen-bond acceptors (Lipinski definition) is 2. The highest BCUT2D eigenvalue weighted by molar-refractivity contribution is 6.01. The van der Waals surface area contributed by atoms with Gasteiger partial charge < -0.3 is 16.0 Å². The lowest BCUT2D eigenvalue weighted by Crippen LogP contribution is -2.38. The SMILES string of the molecule is Cc1cccc(NC(=O)N(CCCNC(=O)Nc2ccc(F)cc2F)c2ccc(F)cc2)c1. The second-order valence-electron chi connectivity index (χ2n) is 7.29. The van der Waals surface area contributed by atoms with Gasteiger partial charge in [0.1, 0.15) is 17.5 Å². The van der Waals surface area contributed by atoms with Crippen molar-refractivity contribution in [3.63, 3.8) is 0 Å². The van der Waals surface area contributed by atoms with Crippen molar-refractivity contribution in [2.75, 3.05) is 28.6 Å². The molecule has 0 spiro atoms. The molecule has 0 bridgehead atoms. The van der Waals surface area contributed by atoms with Crippen molar-refractivity contribution in [1.29, 1.82) is 0 Å². The van der Waals surface area contributed by atoms with E-state index in [0.717, 1.165) is 17.7 Å². The number of nitrogens with zero attached hydrogens (tertiary/aromatic N) is 1. The van der Waals surface area contributed by atoms with E-state index in [4.69, 9.17) is 0 Å². The van der Waals surface area contributed by atoms with Crippen molar-refractivity contribution in [2.24, 2.45) is 0 Å². The standard InChI is InChI=1S/C24H23F3N4O2/c1-16-4-2-5-19(14-16)29-24(33)31(20-9-6-17(25)7-10-20)13-3-12-28-23(32)30-22-11-8-18(26)15-21(22)27/h2,4-11,14-15H,3,12-13H2,1H3,(H,29,33)(H2,28,30,32). The van der Waals surface area contributed by atoms with Crippen LogP contribution in [0.15, 0.2) is 66.7 Å². The third-order valence-corrected chi connectivity index (χ3v) is 4.68. The van der Waals surface area contributed by atoms with Gasteiger partial charge >= 0.3 is 12.1 Å². The Morgan fingerprint density at radius 1 is 0.879 bits per heavy atom. The average molecular weight is 456 g/mol. The molecule has 0 radical (unpaired) electrons. The number of carbonyl (C=O) groups is 2. The molecule has 3 N–H and O–H groups in total. The molecule has 3 aromatic carbocycles. The molecule has 6 nitrogen and oxygen atoms in total. The number of nitrogens with one attached hydrogen (secondary N) is 3. The van der Waals surface area contributed by atoms with E-state index in [9.17, 15) is 22.8 Å². The zero-order valence-corrected chi connectivity index (χ0v) is 17.9. The van der Waals surface area contributed by atoms with Crippen LogP contribution in [-0.2, 0) is 0 Å². The molecule has 0 saturated carbocycles. The first-order valence-electron chi connectivity index (χ1n) is 10.2. The van der Waals surface area contributed by atoms with Crippen molar-refractivity contribution in [2.45, 2.75) is 13.3 Å². The first-order chi connectivity index (χ1) is 15.8. The number of carbonyl (C=O) groups excluding carboxylic acids is 2. The van der Waals surface area contributed by atoms with Gasteiger partial charge in [0.2, 0.25) is 0 Å². The van der Waals surface area contributed by atoms with Crippen LogP contribution in [0, 0.1) is 24.4 Å². The summed E-state index contributed by atoms with van der Waals surface area (Å²) >= 11 is 0. The van der Waals surface area contributed by atoms with Gasteiger partial charge in [-0.2, -0.15) is 0 Å². The Morgan fingerprint density at radius 3 is 2.30 bits per heavy atom. The highest BCUT2D eigenvalue weighted by Gasteiger charge is 2.16. The minimum Gasteiger partial charge on any atom is -0.338 e. The van der Waals surface area contributed by atoms with Crippen molar-refractivity contribution >= 4 is 29.1 Å². The number of aryl methyl sites for hydroxylation is 1. The monoisotopic (exact) mass is 456 g/mol. The lowest BCUT2D eigenvalue weighted by atomic mass is 10.2. The predicted octanol–water partition coefficient (Wildman–Crippen LogP) is 5.66. The summed E-state index contributed by atoms with van der Waals surface area (Å²) < 4.78 is 40.0. The van der Waals surface area contributed by atoms with E-state index in [2.05, 4.69) is 16.0 Å². The Hall–Kier alpha value is -4.01. The molecule has 0 aliphatic carbocycles. The Balaban J connectivity index is 1.58. The highest BCUT2D eigenvalue weighted by atomic mass is 19.1. The Morgan fingerprint density at radius 2 is 1.61 bits per heavy atom. The molecule has 0 atom stereocenters. The number of hydrogen-bond donors (Lipinski definition) is 3. The second kappa shape index (κ2) is 11.0. The molecule has 0 aliphatic rings. The largest absolute Gasteiger partial charge is 0.338 e. The van der Waals surface area contributed by atoms with Crippen LogP contribution >= 0.6 is 0 Å². The number of rotatable bonds is 7. The van der Waals surface area contributed by atoms with Crippen LogP contribution in [0.25, 0.3) is 0 Å². The maximum Gasteiger partial charge on any atom is 0.326 e. The van der Waals surface area contributed by atoms with E-state index < -0.39 is 29.5 Å². The molecule has 0 fully saturated rings. The molecule has 9 heteroatoms. The predicted molar refractivity (Wildman–Crippen MR) is 122 cm³/mol. The Kier molecular flexibility index (Phi) is 7.91. The van der Waals surface area contributed by atoms with Crippen molar-refractivity contribution < 1.29 is 22.8 Å². The fourth-order valence-corrected chi connectivity index (χ4v) is 3.08. The molecule has 33 heavy (non-hydrogen) atoms. The molecular formula is C24H23F3N4O2. The van der Waals surface area contributed by atoms with Crippen LogP contribution in [-0.4, -0.2) is 25.2 Å². The molecule has 3 rings (SSSR count). The molecule has 0 aliphatic heterocycles. The smallest absolute Gasteiger partial charge is 0.326 e. The van der Waals surface area contributed by atoms with E-state index in [1.807, 2.05) is 25.1 Å². The van der Waals surface area contributed by atoms with Gasteiger partial charge in [-0.3, -0.25) is 4.90 Å². The second-order valence-corrected chi connectivity index (χ2v) is 7.29. The van der Waals surface area contributed by atoms with Gasteiger partial charge in [0, 0.05) is 30.5 Å². The summed E-state index contributed by atoms with van der Waals surface area (Å²) in [5, 5.41) is 7.66. The van der Waals surface area contributed by atoms with Crippen LogP contribution in [0.5, 0.6) is 0 Å². The first-order valence-corrected chi connectivity index (χ1v) is 10.2. The van der Waals surface area contributed by atoms with Gasteiger partial charge in [-0.25, -0.2) is 22.8 Å². The minimum absolute atomic E-state index is 0.153. The fraction of sp³-hybridized carbons (Fsp3) is 0.167. The van der Waals surface area contributed by atoms with Crippen LogP contribution in [0.4, 0.5) is 39.8 Å². The van der Waals surface area contributed by atoms with Crippen LogP contribution in [0.2, 0.25) is 0 Å². The van der Waals surface area contributed by atoms with Gasteiger partial charge in [-0.1, -0.05) is 12.1 Å². The number of amides is 4. The molecular weight excluding hydrogens is 433 g/mol. The van der Waals surface area contributed by atoms with E-state index in [0.29, 0.717) is 23.9 Å².